The first kappa shape index (κ1) is 17.2. The van der Waals surface area contributed by atoms with E-state index in [9.17, 15) is 14.0 Å². The second kappa shape index (κ2) is 7.52. The third-order valence-electron chi connectivity index (χ3n) is 3.56. The molecule has 2 N–H and O–H groups in total. The van der Waals surface area contributed by atoms with E-state index < -0.39 is 17.6 Å². The zero-order chi connectivity index (χ0) is 18.5. The molecule has 0 bridgehead atoms. The molecule has 0 aliphatic rings. The number of benzene rings is 2. The number of hydrogen-bond acceptors (Lipinski definition) is 4. The van der Waals surface area contributed by atoms with Gasteiger partial charge in [-0.1, -0.05) is 0 Å². The summed E-state index contributed by atoms with van der Waals surface area (Å²) in [4.78, 5) is 24.4. The molecule has 1 aromatic heterocycles. The van der Waals surface area contributed by atoms with Crippen molar-refractivity contribution in [3.63, 3.8) is 0 Å². The smallest absolute Gasteiger partial charge is 0.291 e. The quantitative estimate of drug-likeness (QED) is 0.727. The molecular formula is C19H15FN2O4. The van der Waals surface area contributed by atoms with E-state index in [1.807, 2.05) is 0 Å². The van der Waals surface area contributed by atoms with Crippen molar-refractivity contribution in [3.05, 3.63) is 78.0 Å². The van der Waals surface area contributed by atoms with Crippen LogP contribution in [-0.4, -0.2) is 18.9 Å². The van der Waals surface area contributed by atoms with Crippen LogP contribution in [0.3, 0.4) is 0 Å². The molecule has 1 heterocycles. The number of anilines is 2. The van der Waals surface area contributed by atoms with Crippen LogP contribution < -0.4 is 15.4 Å². The molecule has 2 aromatic carbocycles. The SMILES string of the molecule is COc1ccc(NC(=O)c2ccco2)cc1NC(=O)c1ccc(F)cc1. The molecule has 0 radical (unpaired) electrons. The number of carbonyl (C=O) groups excluding carboxylic acids is 2. The highest BCUT2D eigenvalue weighted by Gasteiger charge is 2.13. The highest BCUT2D eigenvalue weighted by Crippen LogP contribution is 2.28. The van der Waals surface area contributed by atoms with Gasteiger partial charge in [0.2, 0.25) is 0 Å². The molecule has 0 aliphatic carbocycles. The van der Waals surface area contributed by atoms with Crippen molar-refractivity contribution in [2.45, 2.75) is 0 Å². The van der Waals surface area contributed by atoms with Crippen molar-refractivity contribution in [2.75, 3.05) is 17.7 Å². The van der Waals surface area contributed by atoms with Gasteiger partial charge in [0.15, 0.2) is 5.76 Å². The maximum absolute atomic E-state index is 13.0. The second-order valence-corrected chi connectivity index (χ2v) is 5.31. The summed E-state index contributed by atoms with van der Waals surface area (Å²) in [5.74, 6) is -0.704. The van der Waals surface area contributed by atoms with Crippen molar-refractivity contribution >= 4 is 23.2 Å². The maximum atomic E-state index is 13.0. The first-order valence-corrected chi connectivity index (χ1v) is 7.66. The van der Waals surface area contributed by atoms with Crippen LogP contribution in [0.2, 0.25) is 0 Å². The summed E-state index contributed by atoms with van der Waals surface area (Å²) in [5, 5.41) is 5.35. The van der Waals surface area contributed by atoms with Gasteiger partial charge in [0.05, 0.1) is 19.1 Å². The van der Waals surface area contributed by atoms with Crippen molar-refractivity contribution in [3.8, 4) is 5.75 Å². The number of hydrogen-bond donors (Lipinski definition) is 2. The Bertz CT molecular complexity index is 921. The zero-order valence-electron chi connectivity index (χ0n) is 13.8. The fourth-order valence-corrected chi connectivity index (χ4v) is 2.28. The first-order valence-electron chi connectivity index (χ1n) is 7.66. The van der Waals surface area contributed by atoms with Gasteiger partial charge >= 0.3 is 0 Å². The van der Waals surface area contributed by atoms with Gasteiger partial charge in [0.25, 0.3) is 11.8 Å². The minimum atomic E-state index is -0.433. The Morgan fingerprint density at radius 3 is 2.42 bits per heavy atom. The minimum Gasteiger partial charge on any atom is -0.495 e. The van der Waals surface area contributed by atoms with Crippen molar-refractivity contribution in [1.82, 2.24) is 0 Å². The maximum Gasteiger partial charge on any atom is 0.291 e. The molecule has 6 nitrogen and oxygen atoms in total. The lowest BCUT2D eigenvalue weighted by atomic mass is 10.2. The first-order chi connectivity index (χ1) is 12.6. The van der Waals surface area contributed by atoms with Crippen LogP contribution in [-0.2, 0) is 0 Å². The molecule has 2 amide bonds. The summed E-state index contributed by atoms with van der Waals surface area (Å²) in [6.45, 7) is 0. The summed E-state index contributed by atoms with van der Waals surface area (Å²) >= 11 is 0. The monoisotopic (exact) mass is 354 g/mol. The number of carbonyl (C=O) groups is 2. The largest absolute Gasteiger partial charge is 0.495 e. The van der Waals surface area contributed by atoms with Gasteiger partial charge in [-0.2, -0.15) is 0 Å². The summed E-state index contributed by atoms with van der Waals surface area (Å²) in [6, 6.07) is 13.1. The fourth-order valence-electron chi connectivity index (χ4n) is 2.28. The molecule has 0 aliphatic heterocycles. The van der Waals surface area contributed by atoms with Gasteiger partial charge in [0.1, 0.15) is 11.6 Å². The Hall–Kier alpha value is -3.61. The predicted octanol–water partition coefficient (Wildman–Crippen LogP) is 3.93. The molecule has 7 heteroatoms. The number of halogens is 1. The lowest BCUT2D eigenvalue weighted by Crippen LogP contribution is -2.14. The average Bonchev–Trinajstić information content (AvgIpc) is 3.17. The van der Waals surface area contributed by atoms with E-state index in [-0.39, 0.29) is 5.76 Å². The number of ether oxygens (including phenoxy) is 1. The third kappa shape index (κ3) is 3.89. The molecule has 132 valence electrons. The van der Waals surface area contributed by atoms with Crippen LogP contribution in [0.25, 0.3) is 0 Å². The summed E-state index contributed by atoms with van der Waals surface area (Å²) in [7, 11) is 1.46. The van der Waals surface area contributed by atoms with Crippen LogP contribution in [0.1, 0.15) is 20.9 Å². The Kier molecular flexibility index (Phi) is 4.98. The van der Waals surface area contributed by atoms with Gasteiger partial charge in [-0.3, -0.25) is 9.59 Å². The second-order valence-electron chi connectivity index (χ2n) is 5.31. The number of amides is 2. The lowest BCUT2D eigenvalue weighted by Gasteiger charge is -2.12. The predicted molar refractivity (Wildman–Crippen MR) is 94.0 cm³/mol. The Morgan fingerprint density at radius 1 is 1.00 bits per heavy atom. The molecule has 26 heavy (non-hydrogen) atoms. The number of rotatable bonds is 5. The number of methoxy groups -OCH3 is 1. The van der Waals surface area contributed by atoms with E-state index in [1.165, 1.54) is 43.7 Å². The van der Waals surface area contributed by atoms with E-state index >= 15 is 0 Å². The van der Waals surface area contributed by atoms with Crippen molar-refractivity contribution in [1.29, 1.82) is 0 Å². The molecule has 0 unspecified atom stereocenters. The van der Waals surface area contributed by atoms with Crippen molar-refractivity contribution < 1.29 is 23.1 Å². The Labute approximate surface area is 148 Å². The Balaban J connectivity index is 1.80. The summed E-state index contributed by atoms with van der Waals surface area (Å²) < 4.78 is 23.3. The van der Waals surface area contributed by atoms with Gasteiger partial charge in [-0.25, -0.2) is 4.39 Å². The number of furan rings is 1. The molecule has 0 saturated carbocycles. The fraction of sp³-hybridized carbons (Fsp3) is 0.0526. The number of nitrogens with one attached hydrogen (secondary N) is 2. The molecular weight excluding hydrogens is 339 g/mol. The van der Waals surface area contributed by atoms with E-state index in [4.69, 9.17) is 9.15 Å². The van der Waals surface area contributed by atoms with E-state index in [2.05, 4.69) is 10.6 Å². The van der Waals surface area contributed by atoms with Crippen LogP contribution in [0.5, 0.6) is 5.75 Å². The van der Waals surface area contributed by atoms with Gasteiger partial charge in [-0.15, -0.1) is 0 Å². The van der Waals surface area contributed by atoms with Crippen LogP contribution >= 0.6 is 0 Å². The molecule has 0 spiro atoms. The van der Waals surface area contributed by atoms with Crippen molar-refractivity contribution in [2.24, 2.45) is 0 Å². The van der Waals surface area contributed by atoms with E-state index in [0.717, 1.165) is 0 Å². The molecule has 0 saturated heterocycles. The molecule has 0 fully saturated rings. The van der Waals surface area contributed by atoms with Gasteiger partial charge < -0.3 is 19.8 Å². The molecule has 3 aromatic rings. The summed E-state index contributed by atoms with van der Waals surface area (Å²) in [6.07, 6.45) is 1.40. The average molecular weight is 354 g/mol. The highest BCUT2D eigenvalue weighted by molar-refractivity contribution is 6.06. The van der Waals surface area contributed by atoms with E-state index in [1.54, 1.807) is 24.3 Å². The van der Waals surface area contributed by atoms with E-state index in [0.29, 0.717) is 22.7 Å². The Morgan fingerprint density at radius 2 is 1.77 bits per heavy atom. The van der Waals surface area contributed by atoms with Crippen LogP contribution in [0.15, 0.2) is 65.3 Å². The van der Waals surface area contributed by atoms with Gasteiger partial charge in [0, 0.05) is 11.3 Å². The zero-order valence-corrected chi connectivity index (χ0v) is 13.8. The van der Waals surface area contributed by atoms with Crippen LogP contribution in [0.4, 0.5) is 15.8 Å². The normalized spacial score (nSPS) is 10.2. The molecule has 3 rings (SSSR count). The lowest BCUT2D eigenvalue weighted by molar-refractivity contribution is 0.0995. The molecule has 0 atom stereocenters. The van der Waals surface area contributed by atoms with Gasteiger partial charge in [-0.05, 0) is 54.6 Å². The standard InChI is InChI=1S/C19H15FN2O4/c1-25-16-9-8-14(21-19(24)17-3-2-10-26-17)11-15(16)22-18(23)12-4-6-13(20)7-5-12/h2-11H,1H3,(H,21,24)(H,22,23). The topological polar surface area (TPSA) is 80.6 Å². The summed E-state index contributed by atoms with van der Waals surface area (Å²) in [5.41, 5.74) is 1.10. The highest BCUT2D eigenvalue weighted by atomic mass is 19.1. The minimum absolute atomic E-state index is 0.165. The third-order valence-corrected chi connectivity index (χ3v) is 3.56. The van der Waals surface area contributed by atoms with Crippen LogP contribution in [0, 0.1) is 5.82 Å².